The van der Waals surface area contributed by atoms with Crippen LogP contribution in [0.25, 0.3) is 22.6 Å². The minimum atomic E-state index is 0.145. The topological polar surface area (TPSA) is 14.7 Å². The molecule has 0 spiro atoms. The molecule has 0 saturated carbocycles. The molecule has 0 N–H and O–H groups in total. The largest absolute Gasteiger partial charge is 0.338 e. The van der Waals surface area contributed by atoms with E-state index >= 15 is 0 Å². The normalized spacial score (nSPS) is 21.0. The summed E-state index contributed by atoms with van der Waals surface area (Å²) in [5, 5.41) is 1.38. The summed E-state index contributed by atoms with van der Waals surface area (Å²) in [6.45, 7) is 12.0. The Morgan fingerprint density at radius 1 is 0.765 bits per heavy atom. The summed E-state index contributed by atoms with van der Waals surface area (Å²) in [4.78, 5) is 7.41. The van der Waals surface area contributed by atoms with Gasteiger partial charge in [0, 0.05) is 68.9 Å². The molecule has 4 aliphatic carbocycles. The fourth-order valence-corrected chi connectivity index (χ4v) is 11.0. The molecule has 4 nitrogen and oxygen atoms in total. The number of nitrogens with zero attached hydrogens (tertiary/aromatic N) is 4. The Labute approximate surface area is 403 Å². The van der Waals surface area contributed by atoms with Crippen molar-refractivity contribution in [1.29, 1.82) is 0 Å². The Hall–Kier alpha value is -7.30. The van der Waals surface area contributed by atoms with Crippen LogP contribution in [-0.4, -0.2) is 17.2 Å². The summed E-state index contributed by atoms with van der Waals surface area (Å²) in [7, 11) is 0. The SMILES string of the molecule is C/C=C(\C=C/CN(C1=CCC(C)(C)C=C1)c1ccc2c(c1)c1c(n2C2C=CC=CC2)C=CC(C)C1)c1ccc(N(c2ccc(C)cc2)c2ccc3c(c2)C2C=CC=CC2N3c2ccccc2)cc1. The van der Waals surface area contributed by atoms with Crippen LogP contribution in [0.3, 0.4) is 0 Å². The average Bonchev–Trinajstić information content (AvgIpc) is 3.87. The van der Waals surface area contributed by atoms with Crippen LogP contribution in [0.15, 0.2) is 212 Å². The average molecular weight is 887 g/mol. The van der Waals surface area contributed by atoms with E-state index in [9.17, 15) is 0 Å². The molecule has 2 heterocycles. The summed E-state index contributed by atoms with van der Waals surface area (Å²) < 4.78 is 2.58. The van der Waals surface area contributed by atoms with E-state index < -0.39 is 0 Å². The van der Waals surface area contributed by atoms with Gasteiger partial charge in [-0.25, -0.2) is 0 Å². The third-order valence-corrected chi connectivity index (χ3v) is 14.7. The Bertz CT molecular complexity index is 3140. The summed E-state index contributed by atoms with van der Waals surface area (Å²) in [5.74, 6) is 0.787. The van der Waals surface area contributed by atoms with Crippen molar-refractivity contribution in [3.63, 3.8) is 0 Å². The number of hydrogen-bond donors (Lipinski definition) is 0. The molecule has 68 heavy (non-hydrogen) atoms. The zero-order chi connectivity index (χ0) is 46.4. The number of fused-ring (bicyclic) bond motifs is 6. The molecule has 4 heteroatoms. The van der Waals surface area contributed by atoms with Crippen LogP contribution in [0, 0.1) is 18.3 Å². The van der Waals surface area contributed by atoms with Gasteiger partial charge in [-0.3, -0.25) is 0 Å². The summed E-state index contributed by atoms with van der Waals surface area (Å²) in [5.41, 5.74) is 17.7. The molecule has 4 atom stereocenters. The second kappa shape index (κ2) is 18.1. The van der Waals surface area contributed by atoms with E-state index in [1.807, 2.05) is 0 Å². The van der Waals surface area contributed by atoms with Gasteiger partial charge < -0.3 is 19.3 Å². The quantitative estimate of drug-likeness (QED) is 0.121. The van der Waals surface area contributed by atoms with Crippen LogP contribution in [-0.2, 0) is 6.42 Å². The second-order valence-corrected chi connectivity index (χ2v) is 20.0. The van der Waals surface area contributed by atoms with Gasteiger partial charge >= 0.3 is 0 Å². The summed E-state index contributed by atoms with van der Waals surface area (Å²) in [6.07, 6.45) is 40.0. The molecule has 5 aliphatic rings. The predicted octanol–water partition coefficient (Wildman–Crippen LogP) is 16.7. The lowest BCUT2D eigenvalue weighted by Gasteiger charge is -2.30. The van der Waals surface area contributed by atoms with Gasteiger partial charge in [0.25, 0.3) is 0 Å². The molecule has 0 bridgehead atoms. The highest BCUT2D eigenvalue weighted by molar-refractivity contribution is 5.92. The molecule has 1 aromatic heterocycles. The highest BCUT2D eigenvalue weighted by Crippen LogP contribution is 2.50. The first-order chi connectivity index (χ1) is 33.2. The summed E-state index contributed by atoms with van der Waals surface area (Å²) >= 11 is 0. The number of hydrogen-bond acceptors (Lipinski definition) is 3. The van der Waals surface area contributed by atoms with Crippen molar-refractivity contribution in [2.24, 2.45) is 11.3 Å². The number of rotatable bonds is 11. The van der Waals surface area contributed by atoms with Gasteiger partial charge in [-0.2, -0.15) is 0 Å². The van der Waals surface area contributed by atoms with E-state index in [4.69, 9.17) is 0 Å². The Morgan fingerprint density at radius 3 is 2.26 bits per heavy atom. The molecule has 11 rings (SSSR count). The lowest BCUT2D eigenvalue weighted by Crippen LogP contribution is -2.28. The van der Waals surface area contributed by atoms with Crippen molar-refractivity contribution in [2.75, 3.05) is 21.2 Å². The molecule has 4 unspecified atom stereocenters. The van der Waals surface area contributed by atoms with Crippen LogP contribution in [0.1, 0.15) is 80.4 Å². The predicted molar refractivity (Wildman–Crippen MR) is 291 cm³/mol. The van der Waals surface area contributed by atoms with Crippen molar-refractivity contribution >= 4 is 56.7 Å². The molecule has 6 aromatic rings. The molecular formula is C64H62N4. The van der Waals surface area contributed by atoms with Crippen LogP contribution < -0.4 is 14.7 Å². The standard InChI is InChI=1S/C64H62N4/c1-6-47(16-15-41-65(49-37-39-64(4,5)40-38-49)54-32-35-63-59(43-54)57-42-46(3)25-34-61(57)68(63)51-19-11-8-12-20-51)48-26-30-53(31-27-48)66(52-28-23-45(2)24-29-52)55-33-36-62-58(44-55)56-21-13-14-22-60(56)67(62)50-17-9-7-10-18-50/h6-19,21-39,43-44,46,51,56,60H,20,40-42H2,1-5H3/b16-15-,47-6+. The molecule has 0 radical (unpaired) electrons. The highest BCUT2D eigenvalue weighted by Gasteiger charge is 2.38. The molecule has 0 fully saturated rings. The zero-order valence-electron chi connectivity index (χ0n) is 40.1. The van der Waals surface area contributed by atoms with Gasteiger partial charge in [0.15, 0.2) is 0 Å². The molecular weight excluding hydrogens is 825 g/mol. The van der Waals surface area contributed by atoms with Crippen LogP contribution in [0.2, 0.25) is 0 Å². The van der Waals surface area contributed by atoms with E-state index in [2.05, 4.69) is 266 Å². The van der Waals surface area contributed by atoms with Crippen LogP contribution >= 0.6 is 0 Å². The first kappa shape index (κ1) is 43.3. The van der Waals surface area contributed by atoms with Crippen LogP contribution in [0.5, 0.6) is 0 Å². The number of allylic oxidation sites excluding steroid dienone is 13. The maximum atomic E-state index is 2.58. The van der Waals surface area contributed by atoms with Gasteiger partial charge in [-0.05, 0) is 152 Å². The van der Waals surface area contributed by atoms with Gasteiger partial charge in [0.1, 0.15) is 0 Å². The van der Waals surface area contributed by atoms with E-state index in [1.54, 1.807) is 0 Å². The van der Waals surface area contributed by atoms with E-state index in [1.165, 1.54) is 67.2 Å². The summed E-state index contributed by atoms with van der Waals surface area (Å²) in [6, 6.07) is 43.7. The van der Waals surface area contributed by atoms with E-state index in [-0.39, 0.29) is 17.4 Å². The fraction of sp³-hybridized carbons (Fsp3) is 0.219. The third-order valence-electron chi connectivity index (χ3n) is 14.7. The third kappa shape index (κ3) is 8.17. The smallest absolute Gasteiger partial charge is 0.0629 e. The molecule has 338 valence electrons. The Morgan fingerprint density at radius 2 is 1.51 bits per heavy atom. The van der Waals surface area contributed by atoms with Crippen molar-refractivity contribution in [3.05, 3.63) is 240 Å². The first-order valence-electron chi connectivity index (χ1n) is 24.7. The van der Waals surface area contributed by atoms with Gasteiger partial charge in [-0.15, -0.1) is 0 Å². The molecule has 0 saturated heterocycles. The van der Waals surface area contributed by atoms with Gasteiger partial charge in [-0.1, -0.05) is 154 Å². The lowest BCUT2D eigenvalue weighted by atomic mass is 9.85. The minimum absolute atomic E-state index is 0.145. The monoisotopic (exact) mass is 886 g/mol. The van der Waals surface area contributed by atoms with Crippen LogP contribution in [0.4, 0.5) is 34.1 Å². The van der Waals surface area contributed by atoms with E-state index in [0.717, 1.165) is 42.9 Å². The zero-order valence-corrected chi connectivity index (χ0v) is 40.1. The first-order valence-corrected chi connectivity index (χ1v) is 24.7. The Kier molecular flexibility index (Phi) is 11.5. The number of aromatic nitrogens is 1. The fourth-order valence-electron chi connectivity index (χ4n) is 11.0. The van der Waals surface area contributed by atoms with Crippen molar-refractivity contribution in [1.82, 2.24) is 4.57 Å². The van der Waals surface area contributed by atoms with Crippen molar-refractivity contribution in [3.8, 4) is 0 Å². The highest BCUT2D eigenvalue weighted by atomic mass is 15.2. The minimum Gasteiger partial charge on any atom is -0.338 e. The van der Waals surface area contributed by atoms with Crippen molar-refractivity contribution < 1.29 is 0 Å². The Balaban J connectivity index is 0.899. The lowest BCUT2D eigenvalue weighted by molar-refractivity contribution is 0.481. The van der Waals surface area contributed by atoms with Gasteiger partial charge in [0.05, 0.1) is 12.1 Å². The second-order valence-electron chi connectivity index (χ2n) is 20.0. The maximum Gasteiger partial charge on any atom is 0.0629 e. The number of para-hydroxylation sites is 1. The van der Waals surface area contributed by atoms with Crippen molar-refractivity contribution in [2.45, 2.75) is 71.9 Å². The molecule has 5 aromatic carbocycles. The maximum absolute atomic E-state index is 2.58. The number of benzene rings is 5. The van der Waals surface area contributed by atoms with E-state index in [0.29, 0.717) is 12.0 Å². The molecule has 0 amide bonds. The number of anilines is 6. The molecule has 1 aliphatic heterocycles. The number of aryl methyl sites for hydroxylation is 1. The van der Waals surface area contributed by atoms with Gasteiger partial charge in [0.2, 0.25) is 0 Å².